The van der Waals surface area contributed by atoms with Crippen molar-refractivity contribution in [3.63, 3.8) is 0 Å². The third-order valence-corrected chi connectivity index (χ3v) is 3.98. The molecule has 25 heavy (non-hydrogen) atoms. The van der Waals surface area contributed by atoms with Gasteiger partial charge in [0.1, 0.15) is 6.54 Å². The highest BCUT2D eigenvalue weighted by Crippen LogP contribution is 2.16. The molecule has 2 amide bonds. The molecule has 0 saturated carbocycles. The Morgan fingerprint density at radius 1 is 1.04 bits per heavy atom. The van der Waals surface area contributed by atoms with Crippen LogP contribution in [0.3, 0.4) is 0 Å². The highest BCUT2D eigenvalue weighted by molar-refractivity contribution is 7.09. The minimum atomic E-state index is -4.49. The number of carbonyl (C=O) groups excluding carboxylic acids is 2. The van der Waals surface area contributed by atoms with Gasteiger partial charge in [0.25, 0.3) is 5.91 Å². The van der Waals surface area contributed by atoms with Crippen LogP contribution >= 0.6 is 11.3 Å². The number of rotatable bonds is 7. The molecule has 3 N–H and O–H groups in total. The van der Waals surface area contributed by atoms with E-state index in [-0.39, 0.29) is 23.7 Å². The van der Waals surface area contributed by atoms with Gasteiger partial charge in [0.2, 0.25) is 5.91 Å². The third-order valence-electron chi connectivity index (χ3n) is 3.10. The largest absolute Gasteiger partial charge is 0.405 e. The van der Waals surface area contributed by atoms with Gasteiger partial charge in [-0.05, 0) is 23.6 Å². The number of para-hydroxylation sites is 1. The van der Waals surface area contributed by atoms with E-state index >= 15 is 0 Å². The zero-order valence-electron chi connectivity index (χ0n) is 13.0. The highest BCUT2D eigenvalue weighted by atomic mass is 32.1. The predicted molar refractivity (Wildman–Crippen MR) is 89.5 cm³/mol. The van der Waals surface area contributed by atoms with Crippen LogP contribution in [0.2, 0.25) is 0 Å². The standard InChI is InChI=1S/C16H16F3N3O2S/c17-16(18,19)10-22-15(24)12-5-1-2-6-13(12)20-9-14(23)21-8-11-4-3-7-25-11/h1-7,20H,8-10H2,(H,21,23)(H,22,24). The van der Waals surface area contributed by atoms with Crippen LogP contribution in [0.1, 0.15) is 15.2 Å². The smallest absolute Gasteiger partial charge is 0.376 e. The summed E-state index contributed by atoms with van der Waals surface area (Å²) in [5, 5.41) is 9.19. The van der Waals surface area contributed by atoms with E-state index in [1.807, 2.05) is 22.8 Å². The van der Waals surface area contributed by atoms with Gasteiger partial charge < -0.3 is 16.0 Å². The highest BCUT2D eigenvalue weighted by Gasteiger charge is 2.28. The topological polar surface area (TPSA) is 70.2 Å². The number of hydrogen-bond acceptors (Lipinski definition) is 4. The Kier molecular flexibility index (Phi) is 6.40. The fourth-order valence-electron chi connectivity index (χ4n) is 1.95. The summed E-state index contributed by atoms with van der Waals surface area (Å²) in [5.74, 6) is -1.15. The van der Waals surface area contributed by atoms with E-state index in [4.69, 9.17) is 0 Å². The summed E-state index contributed by atoms with van der Waals surface area (Å²) < 4.78 is 36.6. The zero-order valence-corrected chi connectivity index (χ0v) is 13.8. The van der Waals surface area contributed by atoms with Gasteiger partial charge in [0.15, 0.2) is 0 Å². The zero-order chi connectivity index (χ0) is 18.3. The molecule has 1 heterocycles. The van der Waals surface area contributed by atoms with E-state index in [2.05, 4.69) is 10.6 Å². The lowest BCUT2D eigenvalue weighted by Crippen LogP contribution is -2.34. The van der Waals surface area contributed by atoms with Gasteiger partial charge in [-0.15, -0.1) is 11.3 Å². The molecule has 0 aliphatic rings. The number of amides is 2. The Labute approximate surface area is 146 Å². The normalized spacial score (nSPS) is 11.0. The number of benzene rings is 1. The molecule has 0 fully saturated rings. The van der Waals surface area contributed by atoms with Crippen molar-refractivity contribution in [2.75, 3.05) is 18.4 Å². The van der Waals surface area contributed by atoms with Crippen LogP contribution in [-0.4, -0.2) is 31.1 Å². The Morgan fingerprint density at radius 2 is 1.80 bits per heavy atom. The molecule has 0 bridgehead atoms. The van der Waals surface area contributed by atoms with Gasteiger partial charge in [-0.2, -0.15) is 13.2 Å². The number of alkyl halides is 3. The quantitative estimate of drug-likeness (QED) is 0.701. The molecule has 2 rings (SSSR count). The second-order valence-electron chi connectivity index (χ2n) is 5.05. The van der Waals surface area contributed by atoms with Crippen LogP contribution in [0.25, 0.3) is 0 Å². The minimum Gasteiger partial charge on any atom is -0.376 e. The number of thiophene rings is 1. The number of carbonyl (C=O) groups is 2. The average molecular weight is 371 g/mol. The van der Waals surface area contributed by atoms with Crippen LogP contribution in [0.15, 0.2) is 41.8 Å². The lowest BCUT2D eigenvalue weighted by atomic mass is 10.1. The molecular weight excluding hydrogens is 355 g/mol. The number of nitrogens with one attached hydrogen (secondary N) is 3. The molecular formula is C16H16F3N3O2S. The number of anilines is 1. The lowest BCUT2D eigenvalue weighted by molar-refractivity contribution is -0.123. The molecule has 2 aromatic rings. The van der Waals surface area contributed by atoms with Crippen molar-refractivity contribution < 1.29 is 22.8 Å². The van der Waals surface area contributed by atoms with E-state index < -0.39 is 18.6 Å². The molecule has 0 unspecified atom stereocenters. The van der Waals surface area contributed by atoms with Gasteiger partial charge in [-0.1, -0.05) is 18.2 Å². The molecule has 0 atom stereocenters. The number of halogens is 3. The van der Waals surface area contributed by atoms with Gasteiger partial charge in [0, 0.05) is 10.6 Å². The first kappa shape index (κ1) is 18.8. The van der Waals surface area contributed by atoms with Crippen molar-refractivity contribution in [1.82, 2.24) is 10.6 Å². The molecule has 0 aliphatic heterocycles. The fourth-order valence-corrected chi connectivity index (χ4v) is 2.59. The fraction of sp³-hybridized carbons (Fsp3) is 0.250. The molecule has 0 spiro atoms. The third kappa shape index (κ3) is 6.46. The van der Waals surface area contributed by atoms with E-state index in [1.54, 1.807) is 6.07 Å². The summed E-state index contributed by atoms with van der Waals surface area (Å²) in [4.78, 5) is 24.7. The lowest BCUT2D eigenvalue weighted by Gasteiger charge is -2.13. The molecule has 5 nitrogen and oxygen atoms in total. The molecule has 9 heteroatoms. The summed E-state index contributed by atoms with van der Waals surface area (Å²) in [7, 11) is 0. The van der Waals surface area contributed by atoms with Crippen molar-refractivity contribution in [3.8, 4) is 0 Å². The molecule has 1 aromatic heterocycles. The second-order valence-corrected chi connectivity index (χ2v) is 6.09. The average Bonchev–Trinajstić information content (AvgIpc) is 3.09. The summed E-state index contributed by atoms with van der Waals surface area (Å²) in [6.07, 6.45) is -4.49. The molecule has 1 aromatic carbocycles. The van der Waals surface area contributed by atoms with E-state index in [1.165, 1.54) is 29.5 Å². The van der Waals surface area contributed by atoms with Crippen LogP contribution < -0.4 is 16.0 Å². The van der Waals surface area contributed by atoms with Crippen LogP contribution in [0.5, 0.6) is 0 Å². The predicted octanol–water partition coefficient (Wildman–Crippen LogP) is 2.77. The van der Waals surface area contributed by atoms with E-state index in [9.17, 15) is 22.8 Å². The van der Waals surface area contributed by atoms with Gasteiger partial charge in [-0.25, -0.2) is 0 Å². The number of hydrogen-bond donors (Lipinski definition) is 3. The monoisotopic (exact) mass is 371 g/mol. The SMILES string of the molecule is O=C(CNc1ccccc1C(=O)NCC(F)(F)F)NCc1cccs1. The molecule has 0 radical (unpaired) electrons. The summed E-state index contributed by atoms with van der Waals surface area (Å²) in [6.45, 7) is -1.12. The first-order valence-corrected chi connectivity index (χ1v) is 8.20. The maximum atomic E-state index is 12.2. The molecule has 0 aliphatic carbocycles. The van der Waals surface area contributed by atoms with Crippen LogP contribution in [0, 0.1) is 0 Å². The second kappa shape index (κ2) is 8.52. The van der Waals surface area contributed by atoms with Crippen molar-refractivity contribution in [2.45, 2.75) is 12.7 Å². The summed E-state index contributed by atoms with van der Waals surface area (Å²) in [6, 6.07) is 9.82. The van der Waals surface area contributed by atoms with Crippen molar-refractivity contribution in [2.24, 2.45) is 0 Å². The molecule has 134 valence electrons. The Hall–Kier alpha value is -2.55. The summed E-state index contributed by atoms with van der Waals surface area (Å²) >= 11 is 1.51. The Morgan fingerprint density at radius 3 is 2.48 bits per heavy atom. The summed E-state index contributed by atoms with van der Waals surface area (Å²) in [5.41, 5.74) is 0.325. The van der Waals surface area contributed by atoms with Gasteiger partial charge >= 0.3 is 6.18 Å². The van der Waals surface area contributed by atoms with Crippen molar-refractivity contribution >= 4 is 28.8 Å². The molecule has 0 saturated heterocycles. The van der Waals surface area contributed by atoms with Crippen molar-refractivity contribution in [3.05, 3.63) is 52.2 Å². The van der Waals surface area contributed by atoms with E-state index in [0.717, 1.165) is 4.88 Å². The Bertz CT molecular complexity index is 718. The maximum absolute atomic E-state index is 12.2. The van der Waals surface area contributed by atoms with Gasteiger partial charge in [-0.3, -0.25) is 9.59 Å². The van der Waals surface area contributed by atoms with Crippen LogP contribution in [0.4, 0.5) is 18.9 Å². The first-order chi connectivity index (χ1) is 11.8. The van der Waals surface area contributed by atoms with Crippen LogP contribution in [-0.2, 0) is 11.3 Å². The van der Waals surface area contributed by atoms with Gasteiger partial charge in [0.05, 0.1) is 18.7 Å². The van der Waals surface area contributed by atoms with Crippen molar-refractivity contribution in [1.29, 1.82) is 0 Å². The van der Waals surface area contributed by atoms with E-state index in [0.29, 0.717) is 6.54 Å². The Balaban J connectivity index is 1.89. The maximum Gasteiger partial charge on any atom is 0.405 e. The first-order valence-electron chi connectivity index (χ1n) is 7.32. The minimum absolute atomic E-state index is 0.0396.